The van der Waals surface area contributed by atoms with E-state index >= 15 is 0 Å². The zero-order valence-corrected chi connectivity index (χ0v) is 24.2. The lowest BCUT2D eigenvalue weighted by atomic mass is 10.1. The number of hydrogen-bond donors (Lipinski definition) is 0. The van der Waals surface area contributed by atoms with Gasteiger partial charge in [0.05, 0.1) is 40.9 Å². The van der Waals surface area contributed by atoms with Crippen LogP contribution in [0.1, 0.15) is 30.4 Å². The monoisotopic (exact) mass is 546 g/mol. The zero-order valence-electron chi connectivity index (χ0n) is 23.4. The lowest BCUT2D eigenvalue weighted by molar-refractivity contribution is -0.870. The quantitative estimate of drug-likeness (QED) is 0.0555. The van der Waals surface area contributed by atoms with Crippen molar-refractivity contribution >= 4 is 30.5 Å². The summed E-state index contributed by atoms with van der Waals surface area (Å²) in [5.74, 6) is -0.212. The van der Waals surface area contributed by atoms with E-state index in [1.165, 1.54) is 31.1 Å². The topological polar surface area (TPSA) is 63.1 Å². The molecule has 0 radical (unpaired) electrons. The average molecular weight is 547 g/mol. The molecule has 0 aliphatic carbocycles. The molecular formula is C31H47ClN2O4. The fraction of sp³-hybridized carbons (Fsp3) is 0.323. The average Bonchev–Trinajstić information content (AvgIpc) is 2.89. The molecule has 0 atom stereocenters. The molecule has 6 nitrogen and oxygen atoms in total. The number of benzene rings is 1. The van der Waals surface area contributed by atoms with Gasteiger partial charge in [-0.05, 0) is 29.9 Å². The van der Waals surface area contributed by atoms with Crippen molar-refractivity contribution in [2.45, 2.75) is 19.3 Å². The molecule has 0 saturated carbocycles. The summed E-state index contributed by atoms with van der Waals surface area (Å²) >= 11 is 0. The van der Waals surface area contributed by atoms with Gasteiger partial charge < -0.3 is 28.8 Å². The molecule has 0 N–H and O–H groups in total. The summed E-state index contributed by atoms with van der Waals surface area (Å²) in [7, 11) is 6.36. The Bertz CT molecular complexity index is 807. The first-order chi connectivity index (χ1) is 17.7. The van der Waals surface area contributed by atoms with E-state index in [1.54, 1.807) is 12.2 Å². The molecule has 38 heavy (non-hydrogen) atoms. The maximum Gasteiger partial charge on any atom is 0.125 e. The van der Waals surface area contributed by atoms with Crippen molar-refractivity contribution in [2.75, 3.05) is 47.4 Å². The third-order valence-electron chi connectivity index (χ3n) is 4.21. The zero-order chi connectivity index (χ0) is 28.2. The highest BCUT2D eigenvalue weighted by atomic mass is 35.5. The van der Waals surface area contributed by atoms with Crippen LogP contribution in [0.5, 0.6) is 0 Å². The van der Waals surface area contributed by atoms with Crippen LogP contribution in [0.4, 0.5) is 0 Å². The summed E-state index contributed by atoms with van der Waals surface area (Å²) < 4.78 is 16.0. The smallest absolute Gasteiger partial charge is 0.125 e. The predicted octanol–water partition coefficient (Wildman–Crippen LogP) is 6.55. The van der Waals surface area contributed by atoms with Gasteiger partial charge in [-0.25, -0.2) is 0 Å². The molecule has 0 heterocycles. The number of rotatable bonds is 17. The summed E-state index contributed by atoms with van der Waals surface area (Å²) in [4.78, 5) is 3.78. The van der Waals surface area contributed by atoms with E-state index < -0.39 is 0 Å². The fourth-order valence-electron chi connectivity index (χ4n) is 2.31. The van der Waals surface area contributed by atoms with Crippen LogP contribution in [0.3, 0.4) is 0 Å². The molecular weight excluding hydrogens is 500 g/mol. The van der Waals surface area contributed by atoms with Crippen molar-refractivity contribution in [3.8, 4) is 0 Å². The van der Waals surface area contributed by atoms with Crippen LogP contribution in [0, 0.1) is 0 Å². The van der Waals surface area contributed by atoms with E-state index in [4.69, 9.17) is 14.2 Å². The van der Waals surface area contributed by atoms with Crippen molar-refractivity contribution in [3.63, 3.8) is 0 Å². The Morgan fingerprint density at radius 2 is 1.32 bits per heavy atom. The Labute approximate surface area is 237 Å². The molecule has 1 aromatic carbocycles. The van der Waals surface area contributed by atoms with E-state index in [1.807, 2.05) is 36.4 Å². The van der Waals surface area contributed by atoms with Crippen LogP contribution in [0.25, 0.3) is 12.2 Å². The van der Waals surface area contributed by atoms with E-state index in [0.717, 1.165) is 41.4 Å². The van der Waals surface area contributed by atoms with E-state index in [9.17, 15) is 5.11 Å². The second-order valence-corrected chi connectivity index (χ2v) is 8.41. The molecule has 0 aliphatic heterocycles. The second kappa shape index (κ2) is 28.1. The summed E-state index contributed by atoms with van der Waals surface area (Å²) in [6.07, 6.45) is 16.9. The first-order valence-corrected chi connectivity index (χ1v) is 12.1. The van der Waals surface area contributed by atoms with E-state index in [2.05, 4.69) is 59.0 Å². The third kappa shape index (κ3) is 28.8. The van der Waals surface area contributed by atoms with Gasteiger partial charge in [-0.15, -0.1) is 25.6 Å². The largest absolute Gasteiger partial charge is 0.859 e. The maximum atomic E-state index is 10.6. The highest BCUT2D eigenvalue weighted by Gasteiger charge is 2.04. The van der Waals surface area contributed by atoms with Gasteiger partial charge >= 0.3 is 0 Å². The fourth-order valence-corrected chi connectivity index (χ4v) is 2.31. The standard InChI is InChI=1S/C12H18O3.C10H10.C9H18N2O.ClH/c1-3-5-7-13-9-11-15-12-10-14-8-6-4-2;1-3-9-7-5-6-8-10(9)4-2;1-5-9(12)10-7-6-8-11(2,3)4;/h3-4,9-12H,1-2,5-8H2;3-8H,1-2H2;5H,1,6-8H2,2-4H3;1H/b11-9+,12-10+;;;. The highest BCUT2D eigenvalue weighted by molar-refractivity contribution is 5.85. The van der Waals surface area contributed by atoms with Gasteiger partial charge in [0.2, 0.25) is 0 Å². The van der Waals surface area contributed by atoms with Crippen molar-refractivity contribution in [3.05, 3.63) is 112 Å². The molecule has 7 heteroatoms. The van der Waals surface area contributed by atoms with E-state index in [0.29, 0.717) is 19.8 Å². The highest BCUT2D eigenvalue weighted by Crippen LogP contribution is 2.10. The Morgan fingerprint density at radius 3 is 1.68 bits per heavy atom. The Morgan fingerprint density at radius 1 is 0.842 bits per heavy atom. The van der Waals surface area contributed by atoms with Crippen molar-refractivity contribution in [2.24, 2.45) is 4.99 Å². The summed E-state index contributed by atoms with van der Waals surface area (Å²) in [6, 6.07) is 8.02. The molecule has 212 valence electrons. The van der Waals surface area contributed by atoms with Crippen LogP contribution in [-0.4, -0.2) is 57.8 Å². The lowest BCUT2D eigenvalue weighted by Crippen LogP contribution is -2.35. The first kappa shape index (κ1) is 39.0. The van der Waals surface area contributed by atoms with E-state index in [-0.39, 0.29) is 18.3 Å². The number of ether oxygens (including phenoxy) is 3. The summed E-state index contributed by atoms with van der Waals surface area (Å²) in [5.41, 5.74) is 2.27. The third-order valence-corrected chi connectivity index (χ3v) is 4.21. The molecule has 0 saturated heterocycles. The minimum atomic E-state index is -0.212. The molecule has 1 rings (SSSR count). The van der Waals surface area contributed by atoms with Crippen molar-refractivity contribution in [1.82, 2.24) is 0 Å². The molecule has 0 fully saturated rings. The first-order valence-electron chi connectivity index (χ1n) is 12.1. The molecule has 0 unspecified atom stereocenters. The van der Waals surface area contributed by atoms with Crippen LogP contribution < -0.4 is 5.11 Å². The van der Waals surface area contributed by atoms with Crippen LogP contribution in [-0.2, 0) is 14.2 Å². The van der Waals surface area contributed by atoms with Gasteiger partial charge in [-0.3, -0.25) is 0 Å². The normalized spacial score (nSPS) is 10.6. The SMILES string of the molecule is C=CC([O-])=NCCC[N+](C)(C)C.C=CCCO/C=C/O/C=C/OCCC=C.C=Cc1ccccc1C=C.Cl. The molecule has 0 bridgehead atoms. The molecule has 0 amide bonds. The number of nitrogens with zero attached hydrogens (tertiary/aromatic N) is 2. The molecule has 0 aromatic heterocycles. The second-order valence-electron chi connectivity index (χ2n) is 8.41. The Kier molecular flexibility index (Phi) is 28.9. The molecule has 0 aliphatic rings. The van der Waals surface area contributed by atoms with Crippen LogP contribution in [0.15, 0.2) is 105 Å². The van der Waals surface area contributed by atoms with Crippen molar-refractivity contribution in [1.29, 1.82) is 0 Å². The minimum Gasteiger partial charge on any atom is -0.859 e. The van der Waals surface area contributed by atoms with Crippen molar-refractivity contribution < 1.29 is 23.8 Å². The molecule has 1 aromatic rings. The van der Waals surface area contributed by atoms with Gasteiger partial charge in [0.25, 0.3) is 0 Å². The van der Waals surface area contributed by atoms with Gasteiger partial charge in [0.15, 0.2) is 0 Å². The number of aliphatic imine (C=N–C) groups is 1. The lowest BCUT2D eigenvalue weighted by Gasteiger charge is -2.23. The van der Waals surface area contributed by atoms with Gasteiger partial charge in [0.1, 0.15) is 25.0 Å². The van der Waals surface area contributed by atoms with Gasteiger partial charge in [-0.1, -0.05) is 74.4 Å². The number of hydrogen-bond acceptors (Lipinski definition) is 5. The summed E-state index contributed by atoms with van der Waals surface area (Å²) in [5, 5.41) is 10.6. The molecule has 0 spiro atoms. The minimum absolute atomic E-state index is 0. The predicted molar refractivity (Wildman–Crippen MR) is 165 cm³/mol. The number of halogens is 1. The van der Waals surface area contributed by atoms with Crippen LogP contribution >= 0.6 is 12.4 Å². The van der Waals surface area contributed by atoms with Gasteiger partial charge in [0, 0.05) is 13.0 Å². The maximum absolute atomic E-state index is 10.6. The van der Waals surface area contributed by atoms with Crippen LogP contribution in [0.2, 0.25) is 0 Å². The summed E-state index contributed by atoms with van der Waals surface area (Å²) in [6.45, 7) is 20.7. The Balaban J connectivity index is -0.000000486. The van der Waals surface area contributed by atoms with Gasteiger partial charge in [-0.2, -0.15) is 0 Å². The Hall–Kier alpha value is -3.48. The number of quaternary nitrogens is 1.